The van der Waals surface area contributed by atoms with Crippen molar-refractivity contribution < 1.29 is 0 Å². The molecule has 7 aromatic carbocycles. The molecule has 2 N–H and O–H groups in total. The van der Waals surface area contributed by atoms with Gasteiger partial charge < -0.3 is 10.3 Å². The second-order valence-electron chi connectivity index (χ2n) is 11.2. The largest absolute Gasteiger partial charge is 0.405 e. The molecule has 0 bridgehead atoms. The van der Waals surface area contributed by atoms with E-state index in [1.165, 1.54) is 71.0 Å². The molecule has 0 fully saturated rings. The first-order valence-corrected chi connectivity index (χ1v) is 14.7. The molecule has 0 aliphatic rings. The summed E-state index contributed by atoms with van der Waals surface area (Å²) in [5, 5.41) is 8.77. The average Bonchev–Trinajstić information content (AvgIpc) is 3.34. The standard InChI is InChI=1S/C41H30N2/c1-27-37-26-31(21-22-39(37)43(38(27)23-24-42)32-13-3-2-4-14-32)41-35-17-9-7-15-33(35)40(34-16-8-10-18-36(34)41)30-20-19-28-11-5-6-12-29(28)25-30/h2-26H,42H2,1H3/b24-23-. The molecule has 1 heterocycles. The number of para-hydroxylation sites is 1. The van der Waals surface area contributed by atoms with Crippen molar-refractivity contribution in [1.82, 2.24) is 4.57 Å². The predicted molar refractivity (Wildman–Crippen MR) is 185 cm³/mol. The third-order valence-corrected chi connectivity index (χ3v) is 8.79. The molecule has 0 atom stereocenters. The van der Waals surface area contributed by atoms with E-state index in [-0.39, 0.29) is 0 Å². The Bertz CT molecular complexity index is 2300. The lowest BCUT2D eigenvalue weighted by molar-refractivity contribution is 1.10. The van der Waals surface area contributed by atoms with Gasteiger partial charge in [0.15, 0.2) is 0 Å². The Labute approximate surface area is 250 Å². The topological polar surface area (TPSA) is 30.9 Å². The number of nitrogens with two attached hydrogens (primary N) is 1. The summed E-state index contributed by atoms with van der Waals surface area (Å²) in [6, 6.07) is 50.6. The molecule has 0 radical (unpaired) electrons. The maximum Gasteiger partial charge on any atom is 0.0538 e. The van der Waals surface area contributed by atoms with E-state index in [0.29, 0.717) is 0 Å². The van der Waals surface area contributed by atoms with Crippen LogP contribution in [0, 0.1) is 6.92 Å². The van der Waals surface area contributed by atoms with Crippen LogP contribution in [0.15, 0.2) is 146 Å². The van der Waals surface area contributed by atoms with Crippen LogP contribution in [0.25, 0.3) is 77.2 Å². The third-order valence-electron chi connectivity index (χ3n) is 8.79. The first-order valence-electron chi connectivity index (χ1n) is 14.7. The minimum Gasteiger partial charge on any atom is -0.405 e. The van der Waals surface area contributed by atoms with Gasteiger partial charge in [-0.1, -0.05) is 109 Å². The highest BCUT2D eigenvalue weighted by Crippen LogP contribution is 2.45. The van der Waals surface area contributed by atoms with Gasteiger partial charge in [0.1, 0.15) is 0 Å². The fraction of sp³-hybridized carbons (Fsp3) is 0.0244. The SMILES string of the molecule is Cc1c(/C=C\N)n(-c2ccccc2)c2ccc(-c3c4ccccc4c(-c4ccc5ccccc5c4)c4ccccc34)cc12. The molecule has 1 aromatic heterocycles. The lowest BCUT2D eigenvalue weighted by Gasteiger charge is -2.18. The summed E-state index contributed by atoms with van der Waals surface area (Å²) in [4.78, 5) is 0. The maximum absolute atomic E-state index is 5.94. The average molecular weight is 551 g/mol. The monoisotopic (exact) mass is 550 g/mol. The second kappa shape index (κ2) is 10.0. The van der Waals surface area contributed by atoms with Gasteiger partial charge in [-0.05, 0) is 110 Å². The van der Waals surface area contributed by atoms with E-state index in [4.69, 9.17) is 5.73 Å². The van der Waals surface area contributed by atoms with Crippen LogP contribution >= 0.6 is 0 Å². The minimum absolute atomic E-state index is 1.10. The van der Waals surface area contributed by atoms with Crippen LogP contribution in [0.5, 0.6) is 0 Å². The van der Waals surface area contributed by atoms with Crippen LogP contribution in [0.1, 0.15) is 11.3 Å². The van der Waals surface area contributed by atoms with Crippen molar-refractivity contribution in [2.45, 2.75) is 6.92 Å². The number of hydrogen-bond donors (Lipinski definition) is 1. The highest BCUT2D eigenvalue weighted by Gasteiger charge is 2.19. The van der Waals surface area contributed by atoms with Crippen molar-refractivity contribution in [2.75, 3.05) is 0 Å². The molecule has 0 spiro atoms. The fourth-order valence-electron chi connectivity index (χ4n) is 6.86. The summed E-state index contributed by atoms with van der Waals surface area (Å²) in [5.74, 6) is 0. The van der Waals surface area contributed by atoms with E-state index in [2.05, 4.69) is 151 Å². The Kier molecular flexibility index (Phi) is 5.87. The Morgan fingerprint density at radius 3 is 1.67 bits per heavy atom. The molecule has 0 aliphatic carbocycles. The van der Waals surface area contributed by atoms with Crippen molar-refractivity contribution in [3.63, 3.8) is 0 Å². The van der Waals surface area contributed by atoms with Crippen LogP contribution in [-0.4, -0.2) is 4.57 Å². The summed E-state index contributed by atoms with van der Waals surface area (Å²) in [5.41, 5.74) is 15.5. The normalized spacial score (nSPS) is 11.8. The molecule has 204 valence electrons. The van der Waals surface area contributed by atoms with Gasteiger partial charge in [0.05, 0.1) is 11.2 Å². The van der Waals surface area contributed by atoms with Gasteiger partial charge in [-0.25, -0.2) is 0 Å². The molecule has 8 aromatic rings. The molecule has 43 heavy (non-hydrogen) atoms. The lowest BCUT2D eigenvalue weighted by Crippen LogP contribution is -1.97. The smallest absolute Gasteiger partial charge is 0.0538 e. The molecule has 0 saturated heterocycles. The zero-order valence-electron chi connectivity index (χ0n) is 24.0. The maximum atomic E-state index is 5.94. The molecule has 8 rings (SSSR count). The van der Waals surface area contributed by atoms with Gasteiger partial charge in [-0.2, -0.15) is 0 Å². The first kappa shape index (κ1) is 25.1. The van der Waals surface area contributed by atoms with Gasteiger partial charge in [0, 0.05) is 11.1 Å². The number of rotatable bonds is 4. The Hall–Kier alpha value is -5.60. The number of benzene rings is 7. The van der Waals surface area contributed by atoms with Gasteiger partial charge in [-0.15, -0.1) is 0 Å². The summed E-state index contributed by atoms with van der Waals surface area (Å²) in [6.07, 6.45) is 3.64. The van der Waals surface area contributed by atoms with Crippen molar-refractivity contribution >= 4 is 49.3 Å². The number of fused-ring (bicyclic) bond motifs is 4. The number of aryl methyl sites for hydroxylation is 1. The summed E-state index contributed by atoms with van der Waals surface area (Å²) < 4.78 is 2.30. The Morgan fingerprint density at radius 2 is 1.05 bits per heavy atom. The Morgan fingerprint density at radius 1 is 0.512 bits per heavy atom. The quantitative estimate of drug-likeness (QED) is 0.217. The van der Waals surface area contributed by atoms with Crippen LogP contribution in [-0.2, 0) is 0 Å². The highest BCUT2D eigenvalue weighted by atomic mass is 15.0. The number of nitrogens with zero attached hydrogens (tertiary/aromatic N) is 1. The van der Waals surface area contributed by atoms with Gasteiger partial charge in [0.25, 0.3) is 0 Å². The number of aromatic nitrogens is 1. The van der Waals surface area contributed by atoms with Crippen molar-refractivity contribution in [3.05, 3.63) is 157 Å². The molecule has 2 nitrogen and oxygen atoms in total. The van der Waals surface area contributed by atoms with E-state index in [0.717, 1.165) is 11.4 Å². The van der Waals surface area contributed by atoms with Crippen LogP contribution in [0.3, 0.4) is 0 Å². The molecule has 0 amide bonds. The van der Waals surface area contributed by atoms with Crippen molar-refractivity contribution in [1.29, 1.82) is 0 Å². The Balaban J connectivity index is 1.43. The van der Waals surface area contributed by atoms with Gasteiger partial charge in [-0.3, -0.25) is 0 Å². The lowest BCUT2D eigenvalue weighted by atomic mass is 9.85. The predicted octanol–water partition coefficient (Wildman–Crippen LogP) is 10.7. The molecular formula is C41H30N2. The molecule has 0 saturated carbocycles. The van der Waals surface area contributed by atoms with E-state index in [1.54, 1.807) is 6.20 Å². The summed E-state index contributed by atoms with van der Waals surface area (Å²) in [6.45, 7) is 2.19. The van der Waals surface area contributed by atoms with Crippen molar-refractivity contribution in [3.8, 4) is 27.9 Å². The molecular weight excluding hydrogens is 520 g/mol. The zero-order chi connectivity index (χ0) is 28.9. The highest BCUT2D eigenvalue weighted by molar-refractivity contribution is 6.22. The minimum atomic E-state index is 1.10. The van der Waals surface area contributed by atoms with E-state index in [9.17, 15) is 0 Å². The van der Waals surface area contributed by atoms with Crippen LogP contribution < -0.4 is 5.73 Å². The first-order chi connectivity index (χ1) is 21.2. The fourth-order valence-corrected chi connectivity index (χ4v) is 6.86. The summed E-state index contributed by atoms with van der Waals surface area (Å²) in [7, 11) is 0. The molecule has 0 unspecified atom stereocenters. The summed E-state index contributed by atoms with van der Waals surface area (Å²) >= 11 is 0. The van der Waals surface area contributed by atoms with Crippen LogP contribution in [0.2, 0.25) is 0 Å². The van der Waals surface area contributed by atoms with E-state index in [1.807, 2.05) is 6.08 Å². The van der Waals surface area contributed by atoms with E-state index >= 15 is 0 Å². The van der Waals surface area contributed by atoms with Gasteiger partial charge >= 0.3 is 0 Å². The third kappa shape index (κ3) is 3.95. The van der Waals surface area contributed by atoms with E-state index < -0.39 is 0 Å². The molecule has 2 heteroatoms. The second-order valence-corrected chi connectivity index (χ2v) is 11.2. The van der Waals surface area contributed by atoms with Crippen molar-refractivity contribution in [2.24, 2.45) is 5.73 Å². The van der Waals surface area contributed by atoms with Crippen LogP contribution in [0.4, 0.5) is 0 Å². The zero-order valence-corrected chi connectivity index (χ0v) is 24.0. The van der Waals surface area contributed by atoms with Gasteiger partial charge in [0.2, 0.25) is 0 Å². The molecule has 0 aliphatic heterocycles. The number of hydrogen-bond acceptors (Lipinski definition) is 1.